The van der Waals surface area contributed by atoms with Crippen molar-refractivity contribution in [3.8, 4) is 23.0 Å². The van der Waals surface area contributed by atoms with Gasteiger partial charge in [-0.15, -0.1) is 15.3 Å². The number of carbonyl (C=O) groups excluding carboxylic acids is 1. The van der Waals surface area contributed by atoms with Crippen molar-refractivity contribution >= 4 is 11.6 Å². The molecule has 2 aromatic heterocycles. The Labute approximate surface area is 167 Å². The number of nitrogens with one attached hydrogen (secondary N) is 1. The van der Waals surface area contributed by atoms with Crippen LogP contribution in [0.1, 0.15) is 10.4 Å². The average molecular weight is 389 g/mol. The monoisotopic (exact) mass is 389 g/mol. The number of benzene rings is 2. The fourth-order valence-electron chi connectivity index (χ4n) is 2.86. The van der Waals surface area contributed by atoms with Gasteiger partial charge in [-0.05, 0) is 30.3 Å². The first-order valence-electron chi connectivity index (χ1n) is 9.08. The molecular weight excluding hydrogens is 370 g/mol. The van der Waals surface area contributed by atoms with Crippen LogP contribution >= 0.6 is 0 Å². The molecule has 0 aliphatic rings. The van der Waals surface area contributed by atoms with E-state index in [0.29, 0.717) is 35.2 Å². The highest BCUT2D eigenvalue weighted by Gasteiger charge is 2.14. The molecule has 4 rings (SSSR count). The summed E-state index contributed by atoms with van der Waals surface area (Å²) in [6.07, 6.45) is 0. The normalized spacial score (nSPS) is 10.7. The number of carbonyl (C=O) groups is 1. The number of ether oxygens (including phenoxy) is 2. The molecule has 0 bridgehead atoms. The average Bonchev–Trinajstić information content (AvgIpc) is 3.20. The molecule has 8 nitrogen and oxygen atoms in total. The number of methoxy groups -OCH3 is 1. The van der Waals surface area contributed by atoms with Gasteiger partial charge in [-0.1, -0.05) is 30.3 Å². The SMILES string of the molecule is COc1ccccc1-c1nnc2ccc(OCCNC(=O)c3ccccc3)nn12. The van der Waals surface area contributed by atoms with Crippen molar-refractivity contribution in [1.29, 1.82) is 0 Å². The molecule has 0 aliphatic heterocycles. The smallest absolute Gasteiger partial charge is 0.251 e. The zero-order chi connectivity index (χ0) is 20.1. The van der Waals surface area contributed by atoms with Gasteiger partial charge in [-0.25, -0.2) is 0 Å². The molecular formula is C21H19N5O3. The molecule has 29 heavy (non-hydrogen) atoms. The van der Waals surface area contributed by atoms with Crippen molar-refractivity contribution in [3.05, 3.63) is 72.3 Å². The second-order valence-electron chi connectivity index (χ2n) is 6.14. The van der Waals surface area contributed by atoms with Gasteiger partial charge < -0.3 is 14.8 Å². The molecule has 0 fully saturated rings. The van der Waals surface area contributed by atoms with E-state index in [-0.39, 0.29) is 12.5 Å². The van der Waals surface area contributed by atoms with Gasteiger partial charge in [0.2, 0.25) is 5.88 Å². The molecule has 2 heterocycles. The van der Waals surface area contributed by atoms with Gasteiger partial charge in [0.15, 0.2) is 11.5 Å². The van der Waals surface area contributed by atoms with E-state index in [9.17, 15) is 4.79 Å². The van der Waals surface area contributed by atoms with Crippen molar-refractivity contribution in [2.45, 2.75) is 0 Å². The summed E-state index contributed by atoms with van der Waals surface area (Å²) in [6, 6.07) is 20.1. The number of rotatable bonds is 7. The summed E-state index contributed by atoms with van der Waals surface area (Å²) in [4.78, 5) is 12.0. The maximum absolute atomic E-state index is 12.0. The summed E-state index contributed by atoms with van der Waals surface area (Å²) >= 11 is 0. The highest BCUT2D eigenvalue weighted by Crippen LogP contribution is 2.28. The molecule has 0 radical (unpaired) electrons. The number of aromatic nitrogens is 4. The zero-order valence-electron chi connectivity index (χ0n) is 15.8. The minimum absolute atomic E-state index is 0.144. The largest absolute Gasteiger partial charge is 0.496 e. The molecule has 0 saturated heterocycles. The van der Waals surface area contributed by atoms with Crippen LogP contribution in [-0.2, 0) is 0 Å². The number of amides is 1. The summed E-state index contributed by atoms with van der Waals surface area (Å²) in [5.41, 5.74) is 1.98. The van der Waals surface area contributed by atoms with Crippen molar-refractivity contribution in [1.82, 2.24) is 25.1 Å². The lowest BCUT2D eigenvalue weighted by molar-refractivity contribution is 0.0946. The van der Waals surface area contributed by atoms with Crippen LogP contribution in [0.5, 0.6) is 11.6 Å². The van der Waals surface area contributed by atoms with E-state index in [4.69, 9.17) is 9.47 Å². The third kappa shape index (κ3) is 4.01. The van der Waals surface area contributed by atoms with E-state index in [1.165, 1.54) is 0 Å². The number of hydrogen-bond acceptors (Lipinski definition) is 6. The Hall–Kier alpha value is -3.94. The van der Waals surface area contributed by atoms with Crippen LogP contribution in [0, 0.1) is 0 Å². The predicted molar refractivity (Wildman–Crippen MR) is 107 cm³/mol. The van der Waals surface area contributed by atoms with Gasteiger partial charge >= 0.3 is 0 Å². The summed E-state index contributed by atoms with van der Waals surface area (Å²) in [6.45, 7) is 0.637. The van der Waals surface area contributed by atoms with Crippen molar-refractivity contribution in [3.63, 3.8) is 0 Å². The van der Waals surface area contributed by atoms with Gasteiger partial charge in [0.1, 0.15) is 12.4 Å². The first-order chi connectivity index (χ1) is 14.3. The van der Waals surface area contributed by atoms with Crippen LogP contribution in [0.2, 0.25) is 0 Å². The second-order valence-corrected chi connectivity index (χ2v) is 6.14. The van der Waals surface area contributed by atoms with Gasteiger partial charge in [0.25, 0.3) is 5.91 Å². The van der Waals surface area contributed by atoms with Gasteiger partial charge in [0.05, 0.1) is 19.2 Å². The molecule has 0 atom stereocenters. The Balaban J connectivity index is 1.44. The highest BCUT2D eigenvalue weighted by atomic mass is 16.5. The number of hydrogen-bond donors (Lipinski definition) is 1. The maximum atomic E-state index is 12.0. The second kappa shape index (κ2) is 8.39. The molecule has 0 aliphatic carbocycles. The van der Waals surface area contributed by atoms with Gasteiger partial charge in [-0.2, -0.15) is 4.52 Å². The van der Waals surface area contributed by atoms with Crippen LogP contribution < -0.4 is 14.8 Å². The topological polar surface area (TPSA) is 90.6 Å². The molecule has 1 amide bonds. The minimum Gasteiger partial charge on any atom is -0.496 e. The van der Waals surface area contributed by atoms with E-state index in [0.717, 1.165) is 5.56 Å². The van der Waals surface area contributed by atoms with Crippen LogP contribution in [-0.4, -0.2) is 46.0 Å². The first kappa shape index (κ1) is 18.4. The number of nitrogens with zero attached hydrogens (tertiary/aromatic N) is 4. The van der Waals surface area contributed by atoms with Crippen molar-refractivity contribution in [2.75, 3.05) is 20.3 Å². The molecule has 146 valence electrons. The van der Waals surface area contributed by atoms with Crippen LogP contribution in [0.25, 0.3) is 17.0 Å². The zero-order valence-corrected chi connectivity index (χ0v) is 15.8. The summed E-state index contributed by atoms with van der Waals surface area (Å²) in [7, 11) is 1.60. The fourth-order valence-corrected chi connectivity index (χ4v) is 2.86. The Morgan fingerprint density at radius 1 is 1.00 bits per heavy atom. The first-order valence-corrected chi connectivity index (χ1v) is 9.08. The van der Waals surface area contributed by atoms with Crippen LogP contribution in [0.4, 0.5) is 0 Å². The molecule has 4 aromatic rings. The lowest BCUT2D eigenvalue weighted by atomic mass is 10.2. The molecule has 0 unspecified atom stereocenters. The predicted octanol–water partition coefficient (Wildman–Crippen LogP) is 2.61. The van der Waals surface area contributed by atoms with Gasteiger partial charge in [0, 0.05) is 11.6 Å². The Morgan fingerprint density at radius 3 is 2.62 bits per heavy atom. The molecule has 0 spiro atoms. The van der Waals surface area contributed by atoms with E-state index >= 15 is 0 Å². The van der Waals surface area contributed by atoms with Crippen LogP contribution in [0.3, 0.4) is 0 Å². The lowest BCUT2D eigenvalue weighted by Crippen LogP contribution is -2.28. The summed E-state index contributed by atoms with van der Waals surface area (Å²) in [5.74, 6) is 1.50. The highest BCUT2D eigenvalue weighted by molar-refractivity contribution is 5.94. The summed E-state index contributed by atoms with van der Waals surface area (Å²) in [5, 5.41) is 15.7. The van der Waals surface area contributed by atoms with E-state index in [2.05, 4.69) is 20.6 Å². The molecule has 1 N–H and O–H groups in total. The quantitative estimate of drug-likeness (QED) is 0.489. The Bertz CT molecular complexity index is 1130. The third-order valence-electron chi connectivity index (χ3n) is 4.26. The third-order valence-corrected chi connectivity index (χ3v) is 4.26. The summed E-state index contributed by atoms with van der Waals surface area (Å²) < 4.78 is 12.7. The van der Waals surface area contributed by atoms with E-state index in [1.54, 1.807) is 35.9 Å². The molecule has 2 aromatic carbocycles. The standard InChI is InChI=1S/C21H19N5O3/c1-28-17-10-6-5-9-16(17)20-24-23-18-11-12-19(25-26(18)20)29-14-13-22-21(27)15-7-3-2-4-8-15/h2-12H,13-14H2,1H3,(H,22,27). The number of para-hydroxylation sites is 1. The minimum atomic E-state index is -0.144. The Kier molecular flexibility index (Phi) is 5.33. The van der Waals surface area contributed by atoms with Gasteiger partial charge in [-0.3, -0.25) is 4.79 Å². The lowest BCUT2D eigenvalue weighted by Gasteiger charge is -2.08. The fraction of sp³-hybridized carbons (Fsp3) is 0.143. The van der Waals surface area contributed by atoms with Crippen molar-refractivity contribution in [2.24, 2.45) is 0 Å². The van der Waals surface area contributed by atoms with E-state index < -0.39 is 0 Å². The molecule has 8 heteroatoms. The maximum Gasteiger partial charge on any atom is 0.251 e. The number of fused-ring (bicyclic) bond motifs is 1. The van der Waals surface area contributed by atoms with Crippen LogP contribution in [0.15, 0.2) is 66.7 Å². The van der Waals surface area contributed by atoms with E-state index in [1.807, 2.05) is 42.5 Å². The van der Waals surface area contributed by atoms with Crippen molar-refractivity contribution < 1.29 is 14.3 Å². The molecule has 0 saturated carbocycles. The Morgan fingerprint density at radius 2 is 1.79 bits per heavy atom.